The van der Waals surface area contributed by atoms with Gasteiger partial charge in [-0.2, -0.15) is 5.10 Å². The van der Waals surface area contributed by atoms with E-state index in [1.807, 2.05) is 24.7 Å². The number of methoxy groups -OCH3 is 1. The minimum absolute atomic E-state index is 0.126. The maximum atomic E-state index is 5.74. The van der Waals surface area contributed by atoms with E-state index in [-0.39, 0.29) is 12.1 Å². The van der Waals surface area contributed by atoms with Crippen molar-refractivity contribution in [2.45, 2.75) is 39.5 Å². The first-order chi connectivity index (χ1) is 9.10. The van der Waals surface area contributed by atoms with E-state index in [1.54, 1.807) is 7.11 Å². The molecule has 0 aliphatic heterocycles. The fourth-order valence-corrected chi connectivity index (χ4v) is 2.42. The van der Waals surface area contributed by atoms with Crippen molar-refractivity contribution in [3.05, 3.63) is 16.4 Å². The van der Waals surface area contributed by atoms with Crippen molar-refractivity contribution < 1.29 is 9.47 Å². The summed E-state index contributed by atoms with van der Waals surface area (Å²) in [5.74, 6) is 0. The van der Waals surface area contributed by atoms with Crippen molar-refractivity contribution in [1.82, 2.24) is 15.1 Å². The third-order valence-electron chi connectivity index (χ3n) is 2.72. The number of ether oxygens (including phenoxy) is 2. The summed E-state index contributed by atoms with van der Waals surface area (Å²) in [6.07, 6.45) is 2.04. The van der Waals surface area contributed by atoms with Crippen LogP contribution < -0.4 is 5.32 Å². The van der Waals surface area contributed by atoms with Gasteiger partial charge in [-0.1, -0.05) is 6.92 Å². The van der Waals surface area contributed by atoms with Crippen LogP contribution in [0.2, 0.25) is 0 Å². The van der Waals surface area contributed by atoms with Gasteiger partial charge in [0.25, 0.3) is 0 Å². The zero-order valence-corrected chi connectivity index (χ0v) is 13.7. The third kappa shape index (κ3) is 5.22. The van der Waals surface area contributed by atoms with Crippen LogP contribution in [0.15, 0.2) is 10.7 Å². The first kappa shape index (κ1) is 16.6. The predicted octanol–water partition coefficient (Wildman–Crippen LogP) is 2.37. The maximum Gasteiger partial charge on any atom is 0.0741 e. The molecule has 0 bridgehead atoms. The molecule has 110 valence electrons. The molecule has 5 nitrogen and oxygen atoms in total. The lowest BCUT2D eigenvalue weighted by Gasteiger charge is -2.21. The van der Waals surface area contributed by atoms with E-state index in [4.69, 9.17) is 9.47 Å². The zero-order valence-electron chi connectivity index (χ0n) is 12.1. The van der Waals surface area contributed by atoms with E-state index >= 15 is 0 Å². The maximum absolute atomic E-state index is 5.74. The first-order valence-corrected chi connectivity index (χ1v) is 7.44. The molecular formula is C13H24BrN3O2. The van der Waals surface area contributed by atoms with Crippen LogP contribution in [0.5, 0.6) is 0 Å². The highest BCUT2D eigenvalue weighted by Crippen LogP contribution is 2.24. The normalized spacial score (nSPS) is 13.2. The first-order valence-electron chi connectivity index (χ1n) is 6.65. The Bertz CT molecular complexity index is 369. The van der Waals surface area contributed by atoms with Crippen molar-refractivity contribution >= 4 is 15.9 Å². The van der Waals surface area contributed by atoms with Gasteiger partial charge in [0.05, 0.1) is 48.3 Å². The number of halogens is 1. The molecule has 6 heteroatoms. The molecule has 0 aliphatic rings. The molecule has 0 saturated carbocycles. The summed E-state index contributed by atoms with van der Waals surface area (Å²) in [4.78, 5) is 0. The Labute approximate surface area is 123 Å². The largest absolute Gasteiger partial charge is 0.383 e. The second-order valence-corrected chi connectivity index (χ2v) is 5.44. The second-order valence-electron chi connectivity index (χ2n) is 4.59. The van der Waals surface area contributed by atoms with Crippen LogP contribution in [-0.4, -0.2) is 42.8 Å². The molecule has 1 atom stereocenters. The molecule has 0 spiro atoms. The Hall–Kier alpha value is -0.430. The van der Waals surface area contributed by atoms with Gasteiger partial charge in [-0.15, -0.1) is 0 Å². The molecule has 1 rings (SSSR count). The minimum atomic E-state index is 0.126. The van der Waals surface area contributed by atoms with Crippen molar-refractivity contribution in [2.75, 3.05) is 26.9 Å². The van der Waals surface area contributed by atoms with Crippen molar-refractivity contribution in [3.63, 3.8) is 0 Å². The summed E-state index contributed by atoms with van der Waals surface area (Å²) in [5.41, 5.74) is 1.11. The average Bonchev–Trinajstić information content (AvgIpc) is 2.73. The third-order valence-corrected chi connectivity index (χ3v) is 3.33. The number of likely N-dealkylation sites (N-methyl/N-ethyl adjacent to an activating group) is 1. The molecule has 0 saturated heterocycles. The summed E-state index contributed by atoms with van der Waals surface area (Å²) in [7, 11) is 1.70. The van der Waals surface area contributed by atoms with E-state index in [9.17, 15) is 0 Å². The van der Waals surface area contributed by atoms with Crippen LogP contribution >= 0.6 is 15.9 Å². The molecule has 0 aromatic carbocycles. The van der Waals surface area contributed by atoms with E-state index < -0.39 is 0 Å². The summed E-state index contributed by atoms with van der Waals surface area (Å²) >= 11 is 3.57. The van der Waals surface area contributed by atoms with Crippen LogP contribution in [-0.2, 0) is 16.0 Å². The van der Waals surface area contributed by atoms with Gasteiger partial charge in [-0.3, -0.25) is 4.68 Å². The summed E-state index contributed by atoms with van der Waals surface area (Å²) in [6.45, 7) is 9.06. The molecule has 1 aromatic heterocycles. The fourth-order valence-electron chi connectivity index (χ4n) is 1.84. The quantitative estimate of drug-likeness (QED) is 0.753. The molecule has 1 heterocycles. The topological polar surface area (TPSA) is 48.3 Å². The highest BCUT2D eigenvalue weighted by atomic mass is 79.9. The van der Waals surface area contributed by atoms with Crippen LogP contribution in [0, 0.1) is 0 Å². The smallest absolute Gasteiger partial charge is 0.0741 e. The minimum Gasteiger partial charge on any atom is -0.383 e. The highest BCUT2D eigenvalue weighted by molar-refractivity contribution is 9.10. The molecule has 0 aliphatic carbocycles. The van der Waals surface area contributed by atoms with Crippen molar-refractivity contribution in [3.8, 4) is 0 Å². The Balaban J connectivity index is 2.83. The zero-order chi connectivity index (χ0) is 14.3. The van der Waals surface area contributed by atoms with Crippen molar-refractivity contribution in [2.24, 2.45) is 0 Å². The lowest BCUT2D eigenvalue weighted by molar-refractivity contribution is 0.0591. The molecular weight excluding hydrogens is 310 g/mol. The van der Waals surface area contributed by atoms with Crippen LogP contribution in [0.25, 0.3) is 0 Å². The van der Waals surface area contributed by atoms with E-state index in [1.165, 1.54) is 0 Å². The summed E-state index contributed by atoms with van der Waals surface area (Å²) in [6, 6.07) is 0.126. The lowest BCUT2D eigenvalue weighted by Crippen LogP contribution is -2.29. The molecule has 1 aromatic rings. The second kappa shape index (κ2) is 8.68. The summed E-state index contributed by atoms with van der Waals surface area (Å²) < 4.78 is 13.8. The standard InChI is InChI=1S/C13H24BrN3O2/c1-5-15-12(9-19-10(2)3)13-11(14)8-16-17(13)6-7-18-4/h8,10,12,15H,5-7,9H2,1-4H3. The number of rotatable bonds is 9. The Morgan fingerprint density at radius 1 is 1.47 bits per heavy atom. The molecule has 0 radical (unpaired) electrons. The van der Waals surface area contributed by atoms with Gasteiger partial charge in [0, 0.05) is 7.11 Å². The number of hydrogen-bond acceptors (Lipinski definition) is 4. The average molecular weight is 334 g/mol. The molecule has 0 fully saturated rings. The van der Waals surface area contributed by atoms with Crippen LogP contribution in [0.3, 0.4) is 0 Å². The number of nitrogens with zero attached hydrogens (tertiary/aromatic N) is 2. The van der Waals surface area contributed by atoms with E-state index in [2.05, 4.69) is 33.3 Å². The van der Waals surface area contributed by atoms with Gasteiger partial charge in [-0.05, 0) is 36.3 Å². The van der Waals surface area contributed by atoms with Gasteiger partial charge in [0.15, 0.2) is 0 Å². The van der Waals surface area contributed by atoms with E-state index in [0.29, 0.717) is 13.2 Å². The monoisotopic (exact) mass is 333 g/mol. The summed E-state index contributed by atoms with van der Waals surface area (Å²) in [5, 5.41) is 7.82. The number of hydrogen-bond donors (Lipinski definition) is 1. The molecule has 1 N–H and O–H groups in total. The Morgan fingerprint density at radius 2 is 2.21 bits per heavy atom. The number of aromatic nitrogens is 2. The lowest BCUT2D eigenvalue weighted by atomic mass is 10.2. The highest BCUT2D eigenvalue weighted by Gasteiger charge is 2.20. The van der Waals surface area contributed by atoms with Crippen molar-refractivity contribution in [1.29, 1.82) is 0 Å². The van der Waals surface area contributed by atoms with Gasteiger partial charge in [0.2, 0.25) is 0 Å². The Kier molecular flexibility index (Phi) is 7.60. The predicted molar refractivity (Wildman–Crippen MR) is 79.3 cm³/mol. The van der Waals surface area contributed by atoms with E-state index in [0.717, 1.165) is 23.3 Å². The van der Waals surface area contributed by atoms with Crippen LogP contribution in [0.4, 0.5) is 0 Å². The molecule has 1 unspecified atom stereocenters. The molecule has 0 amide bonds. The number of nitrogens with one attached hydrogen (secondary N) is 1. The SMILES string of the molecule is CCNC(COC(C)C)c1c(Br)cnn1CCOC. The van der Waals surface area contributed by atoms with Gasteiger partial charge in [0.1, 0.15) is 0 Å². The fraction of sp³-hybridized carbons (Fsp3) is 0.769. The molecule has 19 heavy (non-hydrogen) atoms. The van der Waals surface area contributed by atoms with Gasteiger partial charge < -0.3 is 14.8 Å². The Morgan fingerprint density at radius 3 is 2.79 bits per heavy atom. The van der Waals surface area contributed by atoms with Gasteiger partial charge >= 0.3 is 0 Å². The van der Waals surface area contributed by atoms with Crippen LogP contribution in [0.1, 0.15) is 32.5 Å². The van der Waals surface area contributed by atoms with Gasteiger partial charge in [-0.25, -0.2) is 0 Å².